The standard InChI is InChI=1S/C11H10BrN5/c1-7-8(2)16-4-9(12)3-10(11(16)15-7)17-6-13-5-14-17/h3-6H,1-2H3. The second-order valence-electron chi connectivity index (χ2n) is 3.86. The van der Waals surface area contributed by atoms with Crippen LogP contribution < -0.4 is 0 Å². The molecule has 3 aromatic heterocycles. The van der Waals surface area contributed by atoms with Gasteiger partial charge in [-0.05, 0) is 35.8 Å². The van der Waals surface area contributed by atoms with Gasteiger partial charge in [0.1, 0.15) is 18.3 Å². The van der Waals surface area contributed by atoms with Gasteiger partial charge in [0.2, 0.25) is 0 Å². The van der Waals surface area contributed by atoms with E-state index in [1.165, 1.54) is 6.33 Å². The fraction of sp³-hybridized carbons (Fsp3) is 0.182. The summed E-state index contributed by atoms with van der Waals surface area (Å²) in [6.45, 7) is 4.05. The third-order valence-corrected chi connectivity index (χ3v) is 3.24. The summed E-state index contributed by atoms with van der Waals surface area (Å²) in [5.41, 5.74) is 3.94. The van der Waals surface area contributed by atoms with Crippen LogP contribution in [0.3, 0.4) is 0 Å². The van der Waals surface area contributed by atoms with Crippen LogP contribution in [0.2, 0.25) is 0 Å². The molecule has 0 amide bonds. The molecule has 0 aromatic carbocycles. The van der Waals surface area contributed by atoms with E-state index in [2.05, 4.69) is 35.4 Å². The zero-order valence-electron chi connectivity index (χ0n) is 9.42. The first-order chi connectivity index (χ1) is 8.16. The Balaban J connectivity index is 2.42. The van der Waals surface area contributed by atoms with Gasteiger partial charge in [0, 0.05) is 16.4 Å². The van der Waals surface area contributed by atoms with Gasteiger partial charge in [-0.15, -0.1) is 0 Å². The van der Waals surface area contributed by atoms with E-state index in [1.807, 2.05) is 26.1 Å². The summed E-state index contributed by atoms with van der Waals surface area (Å²) >= 11 is 3.50. The minimum absolute atomic E-state index is 0.883. The molecule has 0 saturated heterocycles. The van der Waals surface area contributed by atoms with Crippen LogP contribution >= 0.6 is 15.9 Å². The number of nitrogens with zero attached hydrogens (tertiary/aromatic N) is 5. The molecule has 0 aliphatic heterocycles. The largest absolute Gasteiger partial charge is 0.301 e. The van der Waals surface area contributed by atoms with E-state index in [4.69, 9.17) is 0 Å². The van der Waals surface area contributed by atoms with E-state index in [1.54, 1.807) is 11.0 Å². The summed E-state index contributed by atoms with van der Waals surface area (Å²) in [6, 6.07) is 1.98. The fourth-order valence-corrected chi connectivity index (χ4v) is 2.24. The molecule has 0 radical (unpaired) electrons. The van der Waals surface area contributed by atoms with Gasteiger partial charge < -0.3 is 4.40 Å². The molecule has 0 N–H and O–H groups in total. The van der Waals surface area contributed by atoms with E-state index in [0.717, 1.165) is 27.2 Å². The molecule has 0 atom stereocenters. The van der Waals surface area contributed by atoms with Crippen LogP contribution in [0.4, 0.5) is 0 Å². The van der Waals surface area contributed by atoms with Crippen molar-refractivity contribution in [2.45, 2.75) is 13.8 Å². The first-order valence-corrected chi connectivity index (χ1v) is 5.96. The lowest BCUT2D eigenvalue weighted by Crippen LogP contribution is -1.99. The number of halogens is 1. The highest BCUT2D eigenvalue weighted by molar-refractivity contribution is 9.10. The first-order valence-electron chi connectivity index (χ1n) is 5.16. The van der Waals surface area contributed by atoms with Gasteiger partial charge in [-0.25, -0.2) is 14.6 Å². The molecule has 6 heteroatoms. The Hall–Kier alpha value is -1.69. The third kappa shape index (κ3) is 1.56. The van der Waals surface area contributed by atoms with Crippen LogP contribution in [0.25, 0.3) is 11.3 Å². The topological polar surface area (TPSA) is 48.0 Å². The number of hydrogen-bond donors (Lipinski definition) is 0. The summed E-state index contributed by atoms with van der Waals surface area (Å²) in [4.78, 5) is 8.53. The highest BCUT2D eigenvalue weighted by Crippen LogP contribution is 2.22. The third-order valence-electron chi connectivity index (χ3n) is 2.81. The summed E-state index contributed by atoms with van der Waals surface area (Å²) in [5.74, 6) is 0. The van der Waals surface area contributed by atoms with Crippen LogP contribution in [0.15, 0.2) is 29.4 Å². The first kappa shape index (κ1) is 10.5. The normalized spacial score (nSPS) is 11.2. The van der Waals surface area contributed by atoms with Crippen molar-refractivity contribution in [2.24, 2.45) is 0 Å². The quantitative estimate of drug-likeness (QED) is 0.691. The Kier molecular flexibility index (Phi) is 2.25. The Labute approximate surface area is 106 Å². The maximum absolute atomic E-state index is 4.56. The zero-order valence-corrected chi connectivity index (χ0v) is 11.0. The molecule has 0 aliphatic carbocycles. The second-order valence-corrected chi connectivity index (χ2v) is 4.78. The minimum Gasteiger partial charge on any atom is -0.301 e. The van der Waals surface area contributed by atoms with Crippen LogP contribution in [-0.4, -0.2) is 24.1 Å². The number of rotatable bonds is 1. The maximum Gasteiger partial charge on any atom is 0.163 e. The average molecular weight is 292 g/mol. The molecule has 0 unspecified atom stereocenters. The van der Waals surface area contributed by atoms with Crippen LogP contribution in [0, 0.1) is 13.8 Å². The fourth-order valence-electron chi connectivity index (χ4n) is 1.82. The second kappa shape index (κ2) is 3.66. The molecule has 0 aliphatic rings. The Morgan fingerprint density at radius 1 is 1.29 bits per heavy atom. The summed E-state index contributed by atoms with van der Waals surface area (Å²) in [6.07, 6.45) is 5.19. The molecule has 3 aromatic rings. The maximum atomic E-state index is 4.56. The Morgan fingerprint density at radius 3 is 2.82 bits per heavy atom. The molecular formula is C11H10BrN5. The van der Waals surface area contributed by atoms with E-state index >= 15 is 0 Å². The van der Waals surface area contributed by atoms with Crippen LogP contribution in [-0.2, 0) is 0 Å². The lowest BCUT2D eigenvalue weighted by atomic mass is 10.4. The van der Waals surface area contributed by atoms with Crippen molar-refractivity contribution in [1.29, 1.82) is 0 Å². The molecule has 3 rings (SSSR count). The minimum atomic E-state index is 0.883. The predicted octanol–water partition coefficient (Wildman–Crippen LogP) is 2.29. The molecule has 17 heavy (non-hydrogen) atoms. The summed E-state index contributed by atoms with van der Waals surface area (Å²) in [7, 11) is 0. The van der Waals surface area contributed by atoms with Crippen molar-refractivity contribution in [3.63, 3.8) is 0 Å². The summed E-state index contributed by atoms with van der Waals surface area (Å²) < 4.78 is 4.75. The molecule has 0 saturated carbocycles. The number of fused-ring (bicyclic) bond motifs is 1. The van der Waals surface area contributed by atoms with Crippen molar-refractivity contribution < 1.29 is 0 Å². The highest BCUT2D eigenvalue weighted by Gasteiger charge is 2.11. The monoisotopic (exact) mass is 291 g/mol. The number of aryl methyl sites for hydroxylation is 2. The lowest BCUT2D eigenvalue weighted by molar-refractivity contribution is 0.873. The number of aromatic nitrogens is 5. The van der Waals surface area contributed by atoms with E-state index in [0.29, 0.717) is 0 Å². The van der Waals surface area contributed by atoms with Crippen molar-refractivity contribution in [3.8, 4) is 5.69 Å². The van der Waals surface area contributed by atoms with Crippen molar-refractivity contribution in [3.05, 3.63) is 40.8 Å². The SMILES string of the molecule is Cc1nc2c(-n3cncn3)cc(Br)cn2c1C. The lowest BCUT2D eigenvalue weighted by Gasteiger charge is -2.05. The number of pyridine rings is 1. The van der Waals surface area contributed by atoms with E-state index in [-0.39, 0.29) is 0 Å². The van der Waals surface area contributed by atoms with Crippen molar-refractivity contribution in [1.82, 2.24) is 24.1 Å². The molecule has 0 fully saturated rings. The van der Waals surface area contributed by atoms with E-state index in [9.17, 15) is 0 Å². The zero-order chi connectivity index (χ0) is 12.0. The number of imidazole rings is 1. The van der Waals surface area contributed by atoms with Gasteiger partial charge >= 0.3 is 0 Å². The molecule has 5 nitrogen and oxygen atoms in total. The molecule has 0 bridgehead atoms. The van der Waals surface area contributed by atoms with Crippen molar-refractivity contribution in [2.75, 3.05) is 0 Å². The predicted molar refractivity (Wildman–Crippen MR) is 67.3 cm³/mol. The van der Waals surface area contributed by atoms with Gasteiger partial charge in [-0.3, -0.25) is 0 Å². The highest BCUT2D eigenvalue weighted by atomic mass is 79.9. The van der Waals surface area contributed by atoms with Crippen LogP contribution in [0.5, 0.6) is 0 Å². The summed E-state index contributed by atoms with van der Waals surface area (Å²) in [5, 5.41) is 4.15. The Bertz CT molecular complexity index is 684. The average Bonchev–Trinajstić information content (AvgIpc) is 2.90. The van der Waals surface area contributed by atoms with Gasteiger partial charge in [0.15, 0.2) is 5.65 Å². The molecular weight excluding hydrogens is 282 g/mol. The molecule has 0 spiro atoms. The Morgan fingerprint density at radius 2 is 2.12 bits per heavy atom. The van der Waals surface area contributed by atoms with Gasteiger partial charge in [-0.2, -0.15) is 5.10 Å². The number of hydrogen-bond acceptors (Lipinski definition) is 3. The molecule has 3 heterocycles. The van der Waals surface area contributed by atoms with E-state index < -0.39 is 0 Å². The molecule has 86 valence electrons. The van der Waals surface area contributed by atoms with Gasteiger partial charge in [0.25, 0.3) is 0 Å². The van der Waals surface area contributed by atoms with Gasteiger partial charge in [-0.1, -0.05) is 0 Å². The van der Waals surface area contributed by atoms with Crippen LogP contribution in [0.1, 0.15) is 11.4 Å². The smallest absolute Gasteiger partial charge is 0.163 e. The van der Waals surface area contributed by atoms with Gasteiger partial charge in [0.05, 0.1) is 5.69 Å². The van der Waals surface area contributed by atoms with Crippen molar-refractivity contribution >= 4 is 21.6 Å².